The molecule has 0 aliphatic heterocycles. The van der Waals surface area contributed by atoms with Crippen molar-refractivity contribution in [1.82, 2.24) is 10.4 Å². The zero-order valence-electron chi connectivity index (χ0n) is 9.11. The highest BCUT2D eigenvalue weighted by atomic mass is 79.9. The molecule has 0 bridgehead atoms. The standard InChI is InChI=1S/C12H12BrN3O/c13-8-5-11(14-6-8)12(17)16-15-10-4-7-2-1-3-9(7)10/h1-2,5-7,9,14H,3-4H2,(H,16,17)/b15-10-/t7-,9-/m1/s1. The lowest BCUT2D eigenvalue weighted by atomic mass is 9.74. The van der Waals surface area contributed by atoms with Crippen molar-refractivity contribution in [2.24, 2.45) is 16.9 Å². The predicted octanol–water partition coefficient (Wildman–Crippen LogP) is 2.46. The fraction of sp³-hybridized carbons (Fsp3) is 0.333. The van der Waals surface area contributed by atoms with E-state index in [4.69, 9.17) is 0 Å². The summed E-state index contributed by atoms with van der Waals surface area (Å²) in [5.41, 5.74) is 4.22. The fourth-order valence-electron chi connectivity index (χ4n) is 2.35. The van der Waals surface area contributed by atoms with Gasteiger partial charge in [0.1, 0.15) is 5.69 Å². The first kappa shape index (κ1) is 10.8. The van der Waals surface area contributed by atoms with E-state index < -0.39 is 0 Å². The third-order valence-corrected chi connectivity index (χ3v) is 3.81. The molecule has 2 aliphatic rings. The number of aromatic amines is 1. The summed E-state index contributed by atoms with van der Waals surface area (Å²) in [5, 5.41) is 4.20. The van der Waals surface area contributed by atoms with Gasteiger partial charge < -0.3 is 4.98 Å². The molecule has 17 heavy (non-hydrogen) atoms. The van der Waals surface area contributed by atoms with E-state index in [1.165, 1.54) is 0 Å². The molecule has 5 heteroatoms. The van der Waals surface area contributed by atoms with Gasteiger partial charge in [-0.2, -0.15) is 5.10 Å². The van der Waals surface area contributed by atoms with E-state index in [2.05, 4.69) is 43.6 Å². The van der Waals surface area contributed by atoms with E-state index in [0.29, 0.717) is 17.5 Å². The minimum absolute atomic E-state index is 0.197. The zero-order valence-corrected chi connectivity index (χ0v) is 10.7. The number of hydrogen-bond donors (Lipinski definition) is 2. The third kappa shape index (κ3) is 1.95. The van der Waals surface area contributed by atoms with Crippen LogP contribution in [0.1, 0.15) is 23.3 Å². The predicted molar refractivity (Wildman–Crippen MR) is 68.7 cm³/mol. The van der Waals surface area contributed by atoms with Crippen LogP contribution in [0.5, 0.6) is 0 Å². The van der Waals surface area contributed by atoms with Crippen LogP contribution < -0.4 is 5.43 Å². The Labute approximate surface area is 107 Å². The van der Waals surface area contributed by atoms with Crippen LogP contribution in [-0.4, -0.2) is 16.6 Å². The largest absolute Gasteiger partial charge is 0.356 e. The van der Waals surface area contributed by atoms with Crippen molar-refractivity contribution < 1.29 is 4.79 Å². The molecule has 1 heterocycles. The number of rotatable bonds is 2. The highest BCUT2D eigenvalue weighted by Gasteiger charge is 2.38. The highest BCUT2D eigenvalue weighted by Crippen LogP contribution is 2.40. The van der Waals surface area contributed by atoms with Crippen LogP contribution in [0.2, 0.25) is 0 Å². The molecule has 3 rings (SSSR count). The Morgan fingerprint density at radius 3 is 3.18 bits per heavy atom. The maximum atomic E-state index is 11.7. The van der Waals surface area contributed by atoms with Crippen LogP contribution in [0, 0.1) is 11.8 Å². The van der Waals surface area contributed by atoms with Crippen molar-refractivity contribution in [2.45, 2.75) is 12.8 Å². The van der Waals surface area contributed by atoms with Gasteiger partial charge in [-0.3, -0.25) is 4.79 Å². The summed E-state index contributed by atoms with van der Waals surface area (Å²) >= 11 is 3.29. The van der Waals surface area contributed by atoms with Crippen molar-refractivity contribution in [3.05, 3.63) is 34.6 Å². The number of carbonyl (C=O) groups excluding carboxylic acids is 1. The molecular formula is C12H12BrN3O. The van der Waals surface area contributed by atoms with E-state index in [9.17, 15) is 4.79 Å². The molecule has 2 N–H and O–H groups in total. The number of allylic oxidation sites excluding steroid dienone is 2. The minimum atomic E-state index is -0.197. The Morgan fingerprint density at radius 2 is 2.47 bits per heavy atom. The van der Waals surface area contributed by atoms with Gasteiger partial charge in [0, 0.05) is 22.3 Å². The Morgan fingerprint density at radius 1 is 1.59 bits per heavy atom. The molecule has 1 saturated carbocycles. The second-order valence-corrected chi connectivity index (χ2v) is 5.33. The number of aromatic nitrogens is 1. The van der Waals surface area contributed by atoms with E-state index in [0.717, 1.165) is 23.0 Å². The molecule has 0 unspecified atom stereocenters. The molecule has 1 aromatic rings. The van der Waals surface area contributed by atoms with Gasteiger partial charge >= 0.3 is 0 Å². The lowest BCUT2D eigenvalue weighted by Gasteiger charge is -2.31. The first-order valence-electron chi connectivity index (χ1n) is 5.61. The number of hydrogen-bond acceptors (Lipinski definition) is 2. The zero-order chi connectivity index (χ0) is 11.8. The van der Waals surface area contributed by atoms with Gasteiger partial charge in [-0.05, 0) is 40.8 Å². The number of H-pyrrole nitrogens is 1. The molecule has 2 atom stereocenters. The quantitative estimate of drug-likeness (QED) is 0.639. The third-order valence-electron chi connectivity index (χ3n) is 3.36. The number of halogens is 1. The first-order chi connectivity index (χ1) is 8.24. The van der Waals surface area contributed by atoms with Crippen LogP contribution in [0.25, 0.3) is 0 Å². The number of nitrogens with zero attached hydrogens (tertiary/aromatic N) is 1. The summed E-state index contributed by atoms with van der Waals surface area (Å²) in [4.78, 5) is 14.6. The molecule has 1 aromatic heterocycles. The topological polar surface area (TPSA) is 57.2 Å². The van der Waals surface area contributed by atoms with Crippen molar-refractivity contribution in [3.63, 3.8) is 0 Å². The van der Waals surface area contributed by atoms with Gasteiger partial charge in [0.2, 0.25) is 0 Å². The highest BCUT2D eigenvalue weighted by molar-refractivity contribution is 9.10. The Bertz CT molecular complexity index is 518. The van der Waals surface area contributed by atoms with Gasteiger partial charge in [0.15, 0.2) is 0 Å². The molecule has 0 aromatic carbocycles. The molecule has 1 fully saturated rings. The van der Waals surface area contributed by atoms with Crippen LogP contribution in [0.4, 0.5) is 0 Å². The van der Waals surface area contributed by atoms with Crippen molar-refractivity contribution >= 4 is 27.5 Å². The molecule has 0 saturated heterocycles. The molecule has 1 amide bonds. The summed E-state index contributed by atoms with van der Waals surface area (Å²) < 4.78 is 0.860. The number of hydrazone groups is 1. The molecule has 0 radical (unpaired) electrons. The Balaban J connectivity index is 1.61. The maximum absolute atomic E-state index is 11.7. The average molecular weight is 294 g/mol. The first-order valence-corrected chi connectivity index (χ1v) is 6.40. The normalized spacial score (nSPS) is 27.9. The van der Waals surface area contributed by atoms with Crippen molar-refractivity contribution in [3.8, 4) is 0 Å². The van der Waals surface area contributed by atoms with Gasteiger partial charge in [0.25, 0.3) is 5.91 Å². The number of nitrogens with one attached hydrogen (secondary N) is 2. The number of carbonyl (C=O) groups is 1. The monoisotopic (exact) mass is 293 g/mol. The summed E-state index contributed by atoms with van der Waals surface area (Å²) in [6.45, 7) is 0. The van der Waals surface area contributed by atoms with Crippen molar-refractivity contribution in [2.75, 3.05) is 0 Å². The van der Waals surface area contributed by atoms with E-state index in [1.54, 1.807) is 12.3 Å². The second kappa shape index (κ2) is 4.14. The summed E-state index contributed by atoms with van der Waals surface area (Å²) in [6, 6.07) is 1.73. The lowest BCUT2D eigenvalue weighted by Crippen LogP contribution is -2.35. The summed E-state index contributed by atoms with van der Waals surface area (Å²) in [6.07, 6.45) is 8.21. The second-order valence-electron chi connectivity index (χ2n) is 4.41. The number of amides is 1. The average Bonchev–Trinajstić information content (AvgIpc) is 2.86. The molecule has 4 nitrogen and oxygen atoms in total. The Kier molecular flexibility index (Phi) is 2.63. The fourth-order valence-corrected chi connectivity index (χ4v) is 2.69. The van der Waals surface area contributed by atoms with Gasteiger partial charge in [-0.15, -0.1) is 0 Å². The SMILES string of the molecule is O=C(N/N=C1/C[C@H]2C=CC[C@@H]12)c1cc(Br)c[nH]1. The maximum Gasteiger partial charge on any atom is 0.287 e. The number of fused-ring (bicyclic) bond motifs is 1. The lowest BCUT2D eigenvalue weighted by molar-refractivity contribution is 0.0949. The smallest absolute Gasteiger partial charge is 0.287 e. The molecule has 88 valence electrons. The van der Waals surface area contributed by atoms with Gasteiger partial charge in [0.05, 0.1) is 0 Å². The van der Waals surface area contributed by atoms with Crippen LogP contribution in [0.3, 0.4) is 0 Å². The molecular weight excluding hydrogens is 282 g/mol. The Hall–Kier alpha value is -1.36. The van der Waals surface area contributed by atoms with Crippen LogP contribution in [-0.2, 0) is 0 Å². The van der Waals surface area contributed by atoms with E-state index in [1.807, 2.05) is 0 Å². The van der Waals surface area contributed by atoms with E-state index >= 15 is 0 Å². The van der Waals surface area contributed by atoms with Crippen LogP contribution in [0.15, 0.2) is 34.0 Å². The van der Waals surface area contributed by atoms with Gasteiger partial charge in [-0.25, -0.2) is 5.43 Å². The molecule has 0 spiro atoms. The summed E-state index contributed by atoms with van der Waals surface area (Å²) in [5.74, 6) is 0.994. The molecule has 2 aliphatic carbocycles. The van der Waals surface area contributed by atoms with Gasteiger partial charge in [-0.1, -0.05) is 12.2 Å². The van der Waals surface area contributed by atoms with E-state index in [-0.39, 0.29) is 5.91 Å². The van der Waals surface area contributed by atoms with Crippen LogP contribution >= 0.6 is 15.9 Å². The minimum Gasteiger partial charge on any atom is -0.356 e. The van der Waals surface area contributed by atoms with Crippen molar-refractivity contribution in [1.29, 1.82) is 0 Å². The summed E-state index contributed by atoms with van der Waals surface area (Å²) in [7, 11) is 0.